The van der Waals surface area contributed by atoms with Gasteiger partial charge in [-0.1, -0.05) is 41.9 Å². The van der Waals surface area contributed by atoms with E-state index >= 15 is 0 Å². The normalized spacial score (nSPS) is 16.2. The van der Waals surface area contributed by atoms with E-state index in [2.05, 4.69) is 15.4 Å². The Bertz CT molecular complexity index is 770. The third-order valence-electron chi connectivity index (χ3n) is 4.10. The second kappa shape index (κ2) is 7.53. The molecular weight excluding hydrogens is 338 g/mol. The van der Waals surface area contributed by atoms with Gasteiger partial charge in [-0.2, -0.15) is 5.10 Å². The summed E-state index contributed by atoms with van der Waals surface area (Å²) in [6.07, 6.45) is 1.69. The lowest BCUT2D eigenvalue weighted by Gasteiger charge is -2.16. The number of rotatable bonds is 5. The minimum atomic E-state index is -0.274. The van der Waals surface area contributed by atoms with Crippen LogP contribution in [0.4, 0.5) is 5.82 Å². The van der Waals surface area contributed by atoms with E-state index in [1.165, 1.54) is 0 Å². The largest absolute Gasteiger partial charge is 0.384 e. The first kappa shape index (κ1) is 17.2. The Morgan fingerprint density at radius 3 is 2.88 bits per heavy atom. The zero-order chi connectivity index (χ0) is 17.8. The van der Waals surface area contributed by atoms with Gasteiger partial charge in [0.1, 0.15) is 5.82 Å². The molecule has 2 heterocycles. The van der Waals surface area contributed by atoms with Crippen molar-refractivity contribution in [1.82, 2.24) is 15.3 Å². The number of nitrogen functional groups attached to an aromatic ring is 1. The maximum absolute atomic E-state index is 12.4. The average Bonchev–Trinajstić information content (AvgIpc) is 3.03. The standard InChI is InChI=1S/C18H20ClN5O/c1-12-15(16(19)7-17(20)23-12)9-21-18(25)14-8-22-24(11-14)10-13-5-3-2-4-6-13/h2-8,14H,9-11H2,1H3,(H2,20,23)(H,21,25). The van der Waals surface area contributed by atoms with E-state index in [-0.39, 0.29) is 11.8 Å². The number of hydrogen-bond donors (Lipinski definition) is 2. The molecule has 1 aliphatic rings. The van der Waals surface area contributed by atoms with Crippen molar-refractivity contribution in [2.75, 3.05) is 12.3 Å². The summed E-state index contributed by atoms with van der Waals surface area (Å²) in [5.41, 5.74) is 8.32. The van der Waals surface area contributed by atoms with Gasteiger partial charge in [0.15, 0.2) is 0 Å². The topological polar surface area (TPSA) is 83.6 Å². The lowest BCUT2D eigenvalue weighted by atomic mass is 10.1. The lowest BCUT2D eigenvalue weighted by molar-refractivity contribution is -0.123. The van der Waals surface area contributed by atoms with Crippen LogP contribution in [0.25, 0.3) is 0 Å². The summed E-state index contributed by atoms with van der Waals surface area (Å²) in [4.78, 5) is 16.6. The highest BCUT2D eigenvalue weighted by atomic mass is 35.5. The van der Waals surface area contributed by atoms with Gasteiger partial charge in [-0.3, -0.25) is 9.80 Å². The molecule has 0 saturated heterocycles. The molecule has 2 aromatic rings. The first-order chi connectivity index (χ1) is 12.0. The van der Waals surface area contributed by atoms with Crippen molar-refractivity contribution in [2.45, 2.75) is 20.0 Å². The molecule has 6 nitrogen and oxygen atoms in total. The SMILES string of the molecule is Cc1nc(N)cc(Cl)c1CNC(=O)C1C=NN(Cc2ccccc2)C1. The lowest BCUT2D eigenvalue weighted by Crippen LogP contribution is -2.34. The van der Waals surface area contributed by atoms with Crippen LogP contribution in [0.2, 0.25) is 5.02 Å². The first-order valence-electron chi connectivity index (χ1n) is 8.05. The van der Waals surface area contributed by atoms with Gasteiger partial charge in [0.25, 0.3) is 0 Å². The monoisotopic (exact) mass is 357 g/mol. The number of nitrogens with one attached hydrogen (secondary N) is 1. The number of carbonyl (C=O) groups excluding carboxylic acids is 1. The van der Waals surface area contributed by atoms with Crippen molar-refractivity contribution in [3.63, 3.8) is 0 Å². The number of nitrogens with two attached hydrogens (primary N) is 1. The third-order valence-corrected chi connectivity index (χ3v) is 4.44. The van der Waals surface area contributed by atoms with E-state index in [9.17, 15) is 4.79 Å². The molecule has 0 spiro atoms. The molecule has 0 radical (unpaired) electrons. The van der Waals surface area contributed by atoms with Crippen LogP contribution in [0.3, 0.4) is 0 Å². The number of carbonyl (C=O) groups is 1. The Morgan fingerprint density at radius 1 is 1.40 bits per heavy atom. The molecule has 0 fully saturated rings. The van der Waals surface area contributed by atoms with Crippen molar-refractivity contribution in [3.05, 3.63) is 58.2 Å². The Morgan fingerprint density at radius 2 is 2.16 bits per heavy atom. The Hall–Kier alpha value is -2.60. The summed E-state index contributed by atoms with van der Waals surface area (Å²) < 4.78 is 0. The Balaban J connectivity index is 1.54. The van der Waals surface area contributed by atoms with Crippen molar-refractivity contribution < 1.29 is 4.79 Å². The summed E-state index contributed by atoms with van der Waals surface area (Å²) in [7, 11) is 0. The predicted octanol–water partition coefficient (Wildman–Crippen LogP) is 2.36. The molecule has 0 saturated carbocycles. The summed E-state index contributed by atoms with van der Waals surface area (Å²) in [5.74, 6) is 0.0215. The van der Waals surface area contributed by atoms with Gasteiger partial charge in [-0.25, -0.2) is 4.98 Å². The van der Waals surface area contributed by atoms with Gasteiger partial charge in [0.2, 0.25) is 5.91 Å². The third kappa shape index (κ3) is 4.28. The molecule has 25 heavy (non-hydrogen) atoms. The number of anilines is 1. The molecule has 0 bridgehead atoms. The average molecular weight is 358 g/mol. The minimum Gasteiger partial charge on any atom is -0.384 e. The van der Waals surface area contributed by atoms with Crippen molar-refractivity contribution in [2.24, 2.45) is 11.0 Å². The number of aryl methyl sites for hydroxylation is 1. The van der Waals surface area contributed by atoms with E-state index in [0.717, 1.165) is 16.8 Å². The molecule has 1 atom stereocenters. The molecule has 1 amide bonds. The van der Waals surface area contributed by atoms with Crippen LogP contribution in [0.15, 0.2) is 41.5 Å². The molecule has 1 aliphatic heterocycles. The number of benzene rings is 1. The van der Waals surface area contributed by atoms with Gasteiger partial charge in [0, 0.05) is 24.0 Å². The smallest absolute Gasteiger partial charge is 0.230 e. The van der Waals surface area contributed by atoms with Gasteiger partial charge >= 0.3 is 0 Å². The van der Waals surface area contributed by atoms with Crippen LogP contribution < -0.4 is 11.1 Å². The number of hydrogen-bond acceptors (Lipinski definition) is 5. The van der Waals surface area contributed by atoms with Gasteiger partial charge < -0.3 is 11.1 Å². The van der Waals surface area contributed by atoms with E-state index in [1.54, 1.807) is 12.3 Å². The second-order valence-electron chi connectivity index (χ2n) is 6.01. The fraction of sp³-hybridized carbons (Fsp3) is 0.278. The van der Waals surface area contributed by atoms with E-state index in [0.29, 0.717) is 30.5 Å². The number of halogens is 1. The molecule has 0 aliphatic carbocycles. The molecule has 1 unspecified atom stereocenters. The summed E-state index contributed by atoms with van der Waals surface area (Å²) >= 11 is 6.19. The highest BCUT2D eigenvalue weighted by molar-refractivity contribution is 6.31. The number of hydrazone groups is 1. The number of aromatic nitrogens is 1. The quantitative estimate of drug-likeness (QED) is 0.860. The van der Waals surface area contributed by atoms with Crippen LogP contribution >= 0.6 is 11.6 Å². The highest BCUT2D eigenvalue weighted by Gasteiger charge is 2.24. The van der Waals surface area contributed by atoms with Crippen LogP contribution in [-0.4, -0.2) is 28.7 Å². The zero-order valence-electron chi connectivity index (χ0n) is 13.9. The summed E-state index contributed by atoms with van der Waals surface area (Å²) in [5, 5.41) is 9.63. The Labute approximate surface area is 151 Å². The van der Waals surface area contributed by atoms with Gasteiger partial charge in [-0.05, 0) is 18.6 Å². The first-order valence-corrected chi connectivity index (χ1v) is 8.43. The molecule has 1 aromatic carbocycles. The van der Waals surface area contributed by atoms with Gasteiger partial charge in [-0.15, -0.1) is 0 Å². The summed E-state index contributed by atoms with van der Waals surface area (Å²) in [6, 6.07) is 11.6. The maximum atomic E-state index is 12.4. The van der Waals surface area contributed by atoms with E-state index < -0.39 is 0 Å². The summed E-state index contributed by atoms with van der Waals surface area (Å²) in [6.45, 7) is 3.39. The fourth-order valence-electron chi connectivity index (χ4n) is 2.75. The Kier molecular flexibility index (Phi) is 5.19. The maximum Gasteiger partial charge on any atom is 0.230 e. The molecule has 3 N–H and O–H groups in total. The van der Waals surface area contributed by atoms with Crippen molar-refractivity contribution in [3.8, 4) is 0 Å². The molecule has 1 aromatic heterocycles. The van der Waals surface area contributed by atoms with Crippen molar-refractivity contribution >= 4 is 29.5 Å². The number of amides is 1. The molecule has 130 valence electrons. The number of nitrogens with zero attached hydrogens (tertiary/aromatic N) is 3. The van der Waals surface area contributed by atoms with Crippen LogP contribution in [0, 0.1) is 12.8 Å². The van der Waals surface area contributed by atoms with Crippen LogP contribution in [0.5, 0.6) is 0 Å². The predicted molar refractivity (Wildman–Crippen MR) is 99.1 cm³/mol. The van der Waals surface area contributed by atoms with Gasteiger partial charge in [0.05, 0.1) is 24.0 Å². The fourth-order valence-corrected chi connectivity index (χ4v) is 3.06. The highest BCUT2D eigenvalue weighted by Crippen LogP contribution is 2.21. The molecule has 3 rings (SSSR count). The second-order valence-corrected chi connectivity index (χ2v) is 6.42. The molecular formula is C18H20ClN5O. The van der Waals surface area contributed by atoms with Crippen molar-refractivity contribution in [1.29, 1.82) is 0 Å². The van der Waals surface area contributed by atoms with Crippen LogP contribution in [0.1, 0.15) is 16.8 Å². The van der Waals surface area contributed by atoms with E-state index in [1.807, 2.05) is 42.3 Å². The number of pyridine rings is 1. The minimum absolute atomic E-state index is 0.0772. The van der Waals surface area contributed by atoms with Crippen LogP contribution in [-0.2, 0) is 17.9 Å². The zero-order valence-corrected chi connectivity index (χ0v) is 14.7. The molecule has 7 heteroatoms. The van der Waals surface area contributed by atoms with E-state index in [4.69, 9.17) is 17.3 Å².